The van der Waals surface area contributed by atoms with Crippen LogP contribution < -0.4 is 10.6 Å². The van der Waals surface area contributed by atoms with E-state index in [1.807, 2.05) is 73.7 Å². The monoisotopic (exact) mass is 500 g/mol. The fraction of sp³-hybridized carbons (Fsp3) is 0.300. The Hall–Kier alpha value is -4.13. The zero-order chi connectivity index (χ0) is 26.0. The Kier molecular flexibility index (Phi) is 8.92. The highest BCUT2D eigenvalue weighted by Crippen LogP contribution is 2.44. The maximum Gasteiger partial charge on any atom is 0.407 e. The van der Waals surface area contributed by atoms with E-state index in [1.165, 1.54) is 0 Å². The Labute approximate surface area is 217 Å². The van der Waals surface area contributed by atoms with Crippen LogP contribution in [0, 0.1) is 0 Å². The van der Waals surface area contributed by atoms with Gasteiger partial charge in [0.15, 0.2) is 0 Å². The average molecular weight is 501 g/mol. The van der Waals surface area contributed by atoms with Crippen LogP contribution in [0.5, 0.6) is 0 Å². The van der Waals surface area contributed by atoms with Crippen molar-refractivity contribution in [1.29, 1.82) is 0 Å². The Bertz CT molecular complexity index is 1180. The summed E-state index contributed by atoms with van der Waals surface area (Å²) >= 11 is 0. The highest BCUT2D eigenvalue weighted by atomic mass is 16.5. The molecule has 2 amide bonds. The number of rotatable bonds is 11. The van der Waals surface area contributed by atoms with Gasteiger partial charge in [0.1, 0.15) is 19.2 Å². The molecule has 3 aromatic rings. The molecular weight excluding hydrogens is 468 g/mol. The number of hydrogen-bond donors (Lipinski definition) is 2. The van der Waals surface area contributed by atoms with Gasteiger partial charge in [-0.3, -0.25) is 9.59 Å². The van der Waals surface area contributed by atoms with E-state index in [9.17, 15) is 14.4 Å². The lowest BCUT2D eigenvalue weighted by molar-refractivity contribution is -0.144. The Morgan fingerprint density at radius 3 is 2.11 bits per heavy atom. The molecule has 192 valence electrons. The van der Waals surface area contributed by atoms with Crippen LogP contribution in [0.4, 0.5) is 4.79 Å². The number of unbranched alkanes of at least 4 members (excludes halogenated alkanes) is 1. The first-order valence-electron chi connectivity index (χ1n) is 12.7. The number of fused-ring (bicyclic) bond motifs is 3. The molecule has 0 bridgehead atoms. The summed E-state index contributed by atoms with van der Waals surface area (Å²) in [6.45, 7) is 2.19. The van der Waals surface area contributed by atoms with E-state index in [0.29, 0.717) is 6.61 Å². The molecule has 2 N–H and O–H groups in total. The predicted molar refractivity (Wildman–Crippen MR) is 141 cm³/mol. The van der Waals surface area contributed by atoms with Crippen molar-refractivity contribution in [3.05, 3.63) is 95.6 Å². The number of nitrogens with one attached hydrogen (secondary N) is 2. The van der Waals surface area contributed by atoms with E-state index in [-0.39, 0.29) is 25.5 Å². The van der Waals surface area contributed by atoms with Crippen molar-refractivity contribution in [1.82, 2.24) is 10.6 Å². The molecule has 7 nitrogen and oxygen atoms in total. The topological polar surface area (TPSA) is 93.7 Å². The molecule has 3 aromatic carbocycles. The maximum atomic E-state index is 12.9. The van der Waals surface area contributed by atoms with Gasteiger partial charge in [0.05, 0.1) is 6.61 Å². The van der Waals surface area contributed by atoms with Crippen LogP contribution in [0.2, 0.25) is 0 Å². The molecular formula is C30H32N2O5. The minimum absolute atomic E-state index is 0.0857. The Morgan fingerprint density at radius 1 is 0.838 bits per heavy atom. The van der Waals surface area contributed by atoms with Gasteiger partial charge in [-0.2, -0.15) is 0 Å². The smallest absolute Gasteiger partial charge is 0.407 e. The Balaban J connectivity index is 1.39. The molecule has 0 aliphatic heterocycles. The normalized spacial score (nSPS) is 12.7. The first-order chi connectivity index (χ1) is 18.1. The lowest BCUT2D eigenvalue weighted by Gasteiger charge is -2.20. The molecule has 0 saturated heterocycles. The van der Waals surface area contributed by atoms with Gasteiger partial charge < -0.3 is 20.1 Å². The van der Waals surface area contributed by atoms with Crippen molar-refractivity contribution in [2.45, 2.75) is 38.1 Å². The molecule has 0 saturated carbocycles. The number of alkyl carbamates (subject to hydrolysis) is 1. The number of carbonyl (C=O) groups excluding carboxylic acids is 3. The zero-order valence-corrected chi connectivity index (χ0v) is 20.9. The van der Waals surface area contributed by atoms with Crippen molar-refractivity contribution < 1.29 is 23.9 Å². The summed E-state index contributed by atoms with van der Waals surface area (Å²) in [5.74, 6) is -1.08. The van der Waals surface area contributed by atoms with Gasteiger partial charge in [-0.05, 0) is 34.2 Å². The van der Waals surface area contributed by atoms with Crippen molar-refractivity contribution in [2.75, 3.05) is 19.8 Å². The third kappa shape index (κ3) is 6.76. The summed E-state index contributed by atoms with van der Waals surface area (Å²) < 4.78 is 10.7. The fourth-order valence-corrected chi connectivity index (χ4v) is 4.51. The highest BCUT2D eigenvalue weighted by molar-refractivity contribution is 5.88. The quantitative estimate of drug-likeness (QED) is 0.297. The van der Waals surface area contributed by atoms with Gasteiger partial charge >= 0.3 is 12.1 Å². The molecule has 7 heteroatoms. The van der Waals surface area contributed by atoms with Gasteiger partial charge in [-0.25, -0.2) is 4.79 Å². The molecule has 1 atom stereocenters. The standard InChI is InChI=1S/C30H32N2O5/c1-2-3-17-36-28(33)19-31-29(34)27(18-21-11-5-4-6-12-21)32-30(35)37-20-26-24-15-9-7-13-22(24)23-14-8-10-16-25(23)26/h4-16,26-27H,2-3,17-20H2,1H3,(H,31,34)(H,32,35)/t27-/m0/s1. The summed E-state index contributed by atoms with van der Waals surface area (Å²) in [5, 5.41) is 5.26. The van der Waals surface area contributed by atoms with Crippen molar-refractivity contribution >= 4 is 18.0 Å². The lowest BCUT2D eigenvalue weighted by Crippen LogP contribution is -2.49. The van der Waals surface area contributed by atoms with E-state index >= 15 is 0 Å². The van der Waals surface area contributed by atoms with Crippen molar-refractivity contribution in [3.63, 3.8) is 0 Å². The average Bonchev–Trinajstić information content (AvgIpc) is 3.24. The van der Waals surface area contributed by atoms with Crippen LogP contribution in [0.3, 0.4) is 0 Å². The molecule has 0 aromatic heterocycles. The van der Waals surface area contributed by atoms with Crippen LogP contribution in [0.15, 0.2) is 78.9 Å². The summed E-state index contributed by atoms with van der Waals surface area (Å²) in [4.78, 5) is 37.7. The second-order valence-electron chi connectivity index (χ2n) is 9.00. The second-order valence-corrected chi connectivity index (χ2v) is 9.00. The number of hydrogen-bond acceptors (Lipinski definition) is 5. The molecule has 4 rings (SSSR count). The van der Waals surface area contributed by atoms with Crippen molar-refractivity contribution in [2.24, 2.45) is 0 Å². The van der Waals surface area contributed by atoms with Crippen LogP contribution in [-0.2, 0) is 25.5 Å². The Morgan fingerprint density at radius 2 is 1.46 bits per heavy atom. The molecule has 0 heterocycles. The maximum absolute atomic E-state index is 12.9. The molecule has 1 aliphatic rings. The minimum Gasteiger partial charge on any atom is -0.464 e. The minimum atomic E-state index is -0.915. The summed E-state index contributed by atoms with van der Waals surface area (Å²) in [6, 6.07) is 24.6. The number of carbonyl (C=O) groups is 3. The van der Waals surface area contributed by atoms with Gasteiger partial charge in [0.25, 0.3) is 0 Å². The first-order valence-corrected chi connectivity index (χ1v) is 12.7. The summed E-state index contributed by atoms with van der Waals surface area (Å²) in [7, 11) is 0. The molecule has 1 aliphatic carbocycles. The third-order valence-corrected chi connectivity index (χ3v) is 6.40. The number of benzene rings is 3. The lowest BCUT2D eigenvalue weighted by atomic mass is 9.98. The van der Waals surface area contributed by atoms with Crippen LogP contribution in [-0.4, -0.2) is 43.8 Å². The van der Waals surface area contributed by atoms with Gasteiger partial charge in [-0.1, -0.05) is 92.2 Å². The second kappa shape index (κ2) is 12.7. The number of ether oxygens (including phenoxy) is 2. The van der Waals surface area contributed by atoms with Crippen molar-refractivity contribution in [3.8, 4) is 11.1 Å². The van der Waals surface area contributed by atoms with Gasteiger partial charge in [0.2, 0.25) is 5.91 Å². The van der Waals surface area contributed by atoms with Gasteiger partial charge in [0, 0.05) is 12.3 Å². The SMILES string of the molecule is CCCCOC(=O)CNC(=O)[C@H](Cc1ccccc1)NC(=O)OCC1c2ccccc2-c2ccccc21. The highest BCUT2D eigenvalue weighted by Gasteiger charge is 2.30. The molecule has 0 radical (unpaired) electrons. The molecule has 37 heavy (non-hydrogen) atoms. The van der Waals surface area contributed by atoms with E-state index < -0.39 is 24.0 Å². The number of esters is 1. The fourth-order valence-electron chi connectivity index (χ4n) is 4.51. The van der Waals surface area contributed by atoms with E-state index in [0.717, 1.165) is 40.7 Å². The van der Waals surface area contributed by atoms with Crippen LogP contribution in [0.1, 0.15) is 42.4 Å². The molecule has 0 spiro atoms. The predicted octanol–water partition coefficient (Wildman–Crippen LogP) is 4.60. The van der Waals surface area contributed by atoms with Crippen LogP contribution in [0.25, 0.3) is 11.1 Å². The third-order valence-electron chi connectivity index (χ3n) is 6.40. The molecule has 0 fully saturated rings. The summed E-state index contributed by atoms with van der Waals surface area (Å²) in [6.07, 6.45) is 1.23. The number of amides is 2. The molecule has 0 unspecified atom stereocenters. The van der Waals surface area contributed by atoms with E-state index in [2.05, 4.69) is 22.8 Å². The van der Waals surface area contributed by atoms with Gasteiger partial charge in [-0.15, -0.1) is 0 Å². The zero-order valence-electron chi connectivity index (χ0n) is 20.9. The first kappa shape index (κ1) is 25.9. The van der Waals surface area contributed by atoms with Crippen LogP contribution >= 0.6 is 0 Å². The van der Waals surface area contributed by atoms with E-state index in [4.69, 9.17) is 9.47 Å². The summed E-state index contributed by atoms with van der Waals surface area (Å²) in [5.41, 5.74) is 5.36. The van der Waals surface area contributed by atoms with E-state index in [1.54, 1.807) is 0 Å². The largest absolute Gasteiger partial charge is 0.464 e.